The number of nitrogens with zero attached hydrogens (tertiary/aromatic N) is 1. The highest BCUT2D eigenvalue weighted by molar-refractivity contribution is 7.07. The molecule has 1 aromatic carbocycles. The minimum absolute atomic E-state index is 0.502. The van der Waals surface area contributed by atoms with Gasteiger partial charge in [0.05, 0.1) is 0 Å². The molecule has 13 heavy (non-hydrogen) atoms. The lowest BCUT2D eigenvalue weighted by Gasteiger charge is -2.01. The van der Waals surface area contributed by atoms with Gasteiger partial charge in [-0.1, -0.05) is 17.7 Å². The van der Waals surface area contributed by atoms with E-state index in [4.69, 9.17) is 17.0 Å². The molecule has 1 heterocycles. The second-order valence-corrected chi connectivity index (χ2v) is 3.89. The van der Waals surface area contributed by atoms with Crippen molar-refractivity contribution in [1.29, 1.82) is 5.41 Å². The van der Waals surface area contributed by atoms with Crippen molar-refractivity contribution in [2.75, 3.05) is 0 Å². The Labute approximate surface area is 84.5 Å². The Hall–Kier alpha value is -1.06. The van der Waals surface area contributed by atoms with Crippen LogP contribution in [0.2, 0.25) is 5.02 Å². The molecule has 0 aliphatic heterocycles. The normalized spacial score (nSPS) is 10.2. The Morgan fingerprint density at radius 2 is 2.23 bits per heavy atom. The Bertz CT molecular complexity index is 472. The average molecular weight is 211 g/mol. The van der Waals surface area contributed by atoms with Crippen molar-refractivity contribution in [3.8, 4) is 5.69 Å². The molecule has 0 aliphatic rings. The molecule has 0 radical (unpaired) electrons. The molecule has 1 N–H and O–H groups in total. The smallest absolute Gasteiger partial charge is 0.186 e. The molecular formula is C9H7ClN2S. The second-order valence-electron chi connectivity index (χ2n) is 2.56. The molecule has 0 saturated heterocycles. The fraction of sp³-hybridized carbons (Fsp3) is 0. The first-order valence-electron chi connectivity index (χ1n) is 3.74. The molecule has 0 aliphatic carbocycles. The van der Waals surface area contributed by atoms with Gasteiger partial charge in [0.1, 0.15) is 0 Å². The van der Waals surface area contributed by atoms with Crippen LogP contribution in [0.25, 0.3) is 5.69 Å². The number of nitrogens with one attached hydrogen (secondary N) is 1. The van der Waals surface area contributed by atoms with Gasteiger partial charge in [-0.2, -0.15) is 0 Å². The standard InChI is InChI=1S/C9H7ClN2S/c10-7-2-1-3-8(6-7)12-4-5-13-9(12)11/h1-6,11H. The van der Waals surface area contributed by atoms with Crippen LogP contribution in [0, 0.1) is 5.41 Å². The molecule has 2 aromatic rings. The summed E-state index contributed by atoms with van der Waals surface area (Å²) in [6, 6.07) is 7.46. The van der Waals surface area contributed by atoms with Crippen molar-refractivity contribution in [3.63, 3.8) is 0 Å². The van der Waals surface area contributed by atoms with Gasteiger partial charge in [0, 0.05) is 22.3 Å². The van der Waals surface area contributed by atoms with E-state index in [2.05, 4.69) is 0 Å². The quantitative estimate of drug-likeness (QED) is 0.750. The Balaban J connectivity index is 2.59. The third-order valence-corrected chi connectivity index (χ3v) is 2.61. The van der Waals surface area contributed by atoms with Gasteiger partial charge in [-0.15, -0.1) is 11.3 Å². The number of hydrogen-bond donors (Lipinski definition) is 1. The Kier molecular flexibility index (Phi) is 2.20. The number of aromatic nitrogens is 1. The van der Waals surface area contributed by atoms with E-state index in [-0.39, 0.29) is 0 Å². The molecule has 1 aromatic heterocycles. The first kappa shape index (κ1) is 8.53. The molecule has 0 spiro atoms. The van der Waals surface area contributed by atoms with Gasteiger partial charge in [-0.3, -0.25) is 9.98 Å². The van der Waals surface area contributed by atoms with E-state index in [0.717, 1.165) is 5.69 Å². The summed E-state index contributed by atoms with van der Waals surface area (Å²) in [5, 5.41) is 10.2. The molecule has 0 atom stereocenters. The van der Waals surface area contributed by atoms with Crippen LogP contribution < -0.4 is 4.80 Å². The molecule has 0 fully saturated rings. The fourth-order valence-corrected chi connectivity index (χ4v) is 1.89. The van der Waals surface area contributed by atoms with E-state index in [9.17, 15) is 0 Å². The molecule has 2 rings (SSSR count). The van der Waals surface area contributed by atoms with Crippen LogP contribution in [0.1, 0.15) is 0 Å². The van der Waals surface area contributed by atoms with Gasteiger partial charge in [0.15, 0.2) is 4.80 Å². The lowest BCUT2D eigenvalue weighted by Crippen LogP contribution is -2.08. The second kappa shape index (κ2) is 3.36. The van der Waals surface area contributed by atoms with Crippen LogP contribution in [0.15, 0.2) is 35.8 Å². The summed E-state index contributed by atoms with van der Waals surface area (Å²) in [5.41, 5.74) is 0.929. The largest absolute Gasteiger partial charge is 0.293 e. The van der Waals surface area contributed by atoms with Gasteiger partial charge in [0.2, 0.25) is 0 Å². The Morgan fingerprint density at radius 1 is 1.38 bits per heavy atom. The molecule has 0 saturated carbocycles. The van der Waals surface area contributed by atoms with E-state index in [0.29, 0.717) is 9.82 Å². The van der Waals surface area contributed by atoms with Crippen molar-refractivity contribution >= 4 is 22.9 Å². The minimum atomic E-state index is 0.502. The van der Waals surface area contributed by atoms with Gasteiger partial charge >= 0.3 is 0 Å². The van der Waals surface area contributed by atoms with Gasteiger partial charge in [-0.05, 0) is 18.2 Å². The maximum atomic E-state index is 7.60. The summed E-state index contributed by atoms with van der Waals surface area (Å²) in [5.74, 6) is 0. The highest BCUT2D eigenvalue weighted by Crippen LogP contribution is 2.13. The van der Waals surface area contributed by atoms with E-state index < -0.39 is 0 Å². The van der Waals surface area contributed by atoms with Crippen LogP contribution in [-0.4, -0.2) is 4.57 Å². The van der Waals surface area contributed by atoms with Gasteiger partial charge in [0.25, 0.3) is 0 Å². The highest BCUT2D eigenvalue weighted by atomic mass is 35.5. The lowest BCUT2D eigenvalue weighted by atomic mass is 10.3. The van der Waals surface area contributed by atoms with Crippen LogP contribution in [-0.2, 0) is 0 Å². The van der Waals surface area contributed by atoms with E-state index in [1.165, 1.54) is 11.3 Å². The number of halogens is 1. The van der Waals surface area contributed by atoms with E-state index in [1.54, 1.807) is 4.57 Å². The fourth-order valence-electron chi connectivity index (χ4n) is 1.11. The lowest BCUT2D eigenvalue weighted by molar-refractivity contribution is 0.979. The van der Waals surface area contributed by atoms with Crippen molar-refractivity contribution < 1.29 is 0 Å². The maximum Gasteiger partial charge on any atom is 0.186 e. The van der Waals surface area contributed by atoms with E-state index in [1.807, 2.05) is 35.8 Å². The number of rotatable bonds is 1. The average Bonchev–Trinajstić information content (AvgIpc) is 2.51. The predicted molar refractivity (Wildman–Crippen MR) is 54.5 cm³/mol. The first-order valence-corrected chi connectivity index (χ1v) is 5.00. The molecule has 0 amide bonds. The van der Waals surface area contributed by atoms with Crippen molar-refractivity contribution in [2.45, 2.75) is 0 Å². The first-order chi connectivity index (χ1) is 6.27. The monoisotopic (exact) mass is 210 g/mol. The van der Waals surface area contributed by atoms with E-state index >= 15 is 0 Å². The third kappa shape index (κ3) is 1.66. The molecule has 2 nitrogen and oxygen atoms in total. The number of hydrogen-bond acceptors (Lipinski definition) is 2. The van der Waals surface area contributed by atoms with Gasteiger partial charge < -0.3 is 0 Å². The highest BCUT2D eigenvalue weighted by Gasteiger charge is 1.97. The summed E-state index contributed by atoms with van der Waals surface area (Å²) in [6.45, 7) is 0. The zero-order valence-corrected chi connectivity index (χ0v) is 8.27. The molecular weight excluding hydrogens is 204 g/mol. The zero-order valence-electron chi connectivity index (χ0n) is 6.70. The molecule has 66 valence electrons. The summed E-state index contributed by atoms with van der Waals surface area (Å²) < 4.78 is 1.79. The van der Waals surface area contributed by atoms with Crippen molar-refractivity contribution in [2.24, 2.45) is 0 Å². The summed E-state index contributed by atoms with van der Waals surface area (Å²) in [4.78, 5) is 0.502. The predicted octanol–water partition coefficient (Wildman–Crippen LogP) is 2.67. The van der Waals surface area contributed by atoms with Crippen molar-refractivity contribution in [1.82, 2.24) is 4.57 Å². The maximum absolute atomic E-state index is 7.60. The third-order valence-electron chi connectivity index (χ3n) is 1.69. The van der Waals surface area contributed by atoms with Gasteiger partial charge in [-0.25, -0.2) is 0 Å². The molecule has 4 heteroatoms. The van der Waals surface area contributed by atoms with Crippen LogP contribution in [0.4, 0.5) is 0 Å². The molecule has 0 bridgehead atoms. The minimum Gasteiger partial charge on any atom is -0.293 e. The summed E-state index contributed by atoms with van der Waals surface area (Å²) >= 11 is 7.23. The molecule has 0 unspecified atom stereocenters. The zero-order chi connectivity index (χ0) is 9.26. The summed E-state index contributed by atoms with van der Waals surface area (Å²) in [6.07, 6.45) is 1.86. The topological polar surface area (TPSA) is 28.8 Å². The summed E-state index contributed by atoms with van der Waals surface area (Å²) in [7, 11) is 0. The SMILES string of the molecule is N=c1sccn1-c1cccc(Cl)c1. The van der Waals surface area contributed by atoms with Crippen LogP contribution in [0.5, 0.6) is 0 Å². The van der Waals surface area contributed by atoms with Crippen LogP contribution >= 0.6 is 22.9 Å². The number of benzene rings is 1. The van der Waals surface area contributed by atoms with Crippen LogP contribution in [0.3, 0.4) is 0 Å². The number of thiazole rings is 1. The van der Waals surface area contributed by atoms with Crippen molar-refractivity contribution in [3.05, 3.63) is 45.7 Å². The Morgan fingerprint density at radius 3 is 2.85 bits per heavy atom.